The summed E-state index contributed by atoms with van der Waals surface area (Å²) in [7, 11) is 0. The highest BCUT2D eigenvalue weighted by Gasteiger charge is 2.35. The number of halogens is 6. The molecule has 10 heteroatoms. The van der Waals surface area contributed by atoms with Crippen LogP contribution in [0.4, 0.5) is 22.0 Å². The van der Waals surface area contributed by atoms with Crippen molar-refractivity contribution in [3.05, 3.63) is 21.0 Å². The normalized spacial score (nSPS) is 11.6. The molecule has 112 valence electrons. The van der Waals surface area contributed by atoms with Gasteiger partial charge >= 0.3 is 12.3 Å². The molecule has 1 aromatic heterocycles. The van der Waals surface area contributed by atoms with Crippen molar-refractivity contribution in [2.75, 3.05) is 6.61 Å². The fourth-order valence-corrected chi connectivity index (χ4v) is 1.89. The van der Waals surface area contributed by atoms with E-state index in [0.29, 0.717) is 6.07 Å². The zero-order valence-electron chi connectivity index (χ0n) is 9.80. The molecule has 0 unspecified atom stereocenters. The van der Waals surface area contributed by atoms with Crippen LogP contribution in [-0.4, -0.2) is 23.9 Å². The van der Waals surface area contributed by atoms with E-state index in [1.165, 1.54) is 29.5 Å². The van der Waals surface area contributed by atoms with E-state index in [4.69, 9.17) is 0 Å². The quantitative estimate of drug-likeness (QED) is 0.328. The number of hydrogen-bond donors (Lipinski definition) is 0. The molecular weight excluding hydrogens is 404 g/mol. The van der Waals surface area contributed by atoms with Gasteiger partial charge in [-0.1, -0.05) is 0 Å². The van der Waals surface area contributed by atoms with Gasteiger partial charge in [0.05, 0.1) is 6.61 Å². The second kappa shape index (κ2) is 6.50. The molecule has 0 radical (unpaired) electrons. The lowest BCUT2D eigenvalue weighted by atomic mass is 10.2. The maximum Gasteiger partial charge on any atom is 0.573 e. The fourth-order valence-electron chi connectivity index (χ4n) is 1.21. The highest BCUT2D eigenvalue weighted by molar-refractivity contribution is 14.1. The lowest BCUT2D eigenvalue weighted by Crippen LogP contribution is -2.21. The number of ether oxygens (including phenoxy) is 2. The average molecular weight is 411 g/mol. The molecule has 0 aliphatic carbocycles. The predicted octanol–water partition coefficient (Wildman–Crippen LogP) is 3.70. The number of pyridine rings is 1. The van der Waals surface area contributed by atoms with Gasteiger partial charge in [0.15, 0.2) is 5.75 Å². The first kappa shape index (κ1) is 16.9. The first-order chi connectivity index (χ1) is 9.15. The molecule has 0 aliphatic heterocycles. The van der Waals surface area contributed by atoms with Gasteiger partial charge in [0.1, 0.15) is 15.0 Å². The van der Waals surface area contributed by atoms with Crippen LogP contribution in [0.1, 0.15) is 29.4 Å². The van der Waals surface area contributed by atoms with Crippen molar-refractivity contribution in [1.82, 2.24) is 4.98 Å². The van der Waals surface area contributed by atoms with E-state index in [1.54, 1.807) is 0 Å². The molecule has 0 bridgehead atoms. The predicted molar refractivity (Wildman–Crippen MR) is 64.6 cm³/mol. The lowest BCUT2D eigenvalue weighted by Gasteiger charge is -2.14. The summed E-state index contributed by atoms with van der Waals surface area (Å²) in [6, 6.07) is 0.520. The minimum Gasteiger partial charge on any atom is -0.462 e. The Bertz CT molecular complexity index is 506. The number of aromatic nitrogens is 1. The van der Waals surface area contributed by atoms with Crippen LogP contribution in [0.3, 0.4) is 0 Å². The molecule has 0 saturated heterocycles. The van der Waals surface area contributed by atoms with Crippen molar-refractivity contribution < 1.29 is 36.2 Å². The smallest absolute Gasteiger partial charge is 0.462 e. The highest BCUT2D eigenvalue weighted by atomic mass is 127. The van der Waals surface area contributed by atoms with Gasteiger partial charge in [-0.05, 0) is 35.6 Å². The third kappa shape index (κ3) is 4.42. The molecule has 0 fully saturated rings. The maximum atomic E-state index is 12.6. The first-order valence-corrected chi connectivity index (χ1v) is 6.15. The van der Waals surface area contributed by atoms with Crippen LogP contribution in [0.5, 0.6) is 5.75 Å². The van der Waals surface area contributed by atoms with Crippen molar-refractivity contribution in [1.29, 1.82) is 0 Å². The van der Waals surface area contributed by atoms with Crippen molar-refractivity contribution >= 4 is 28.6 Å². The van der Waals surface area contributed by atoms with Gasteiger partial charge in [0, 0.05) is 0 Å². The standard InChI is InChI=1S/C10H7F5INO3/c1-2-19-9(18)4-3-5(7(11)12)17-8(16)6(4)20-10(13,14)15/h3,7H,2H2,1H3. The van der Waals surface area contributed by atoms with Crippen LogP contribution in [0.2, 0.25) is 0 Å². The summed E-state index contributed by atoms with van der Waals surface area (Å²) in [6.45, 7) is 1.29. The summed E-state index contributed by atoms with van der Waals surface area (Å²) in [4.78, 5) is 14.8. The Kier molecular flexibility index (Phi) is 5.48. The molecule has 0 aromatic carbocycles. The van der Waals surface area contributed by atoms with Crippen molar-refractivity contribution in [2.24, 2.45) is 0 Å². The summed E-state index contributed by atoms with van der Waals surface area (Å²) < 4.78 is 69.5. The molecule has 0 N–H and O–H groups in total. The average Bonchev–Trinajstić information content (AvgIpc) is 2.29. The van der Waals surface area contributed by atoms with Crippen molar-refractivity contribution in [3.63, 3.8) is 0 Å². The minimum absolute atomic E-state index is 0.132. The summed E-state index contributed by atoms with van der Waals surface area (Å²) in [5, 5.41) is 0. The zero-order valence-corrected chi connectivity index (χ0v) is 12.0. The molecule has 0 amide bonds. The van der Waals surface area contributed by atoms with Gasteiger partial charge in [-0.3, -0.25) is 0 Å². The number of nitrogens with zero attached hydrogens (tertiary/aromatic N) is 1. The summed E-state index contributed by atoms with van der Waals surface area (Å²) in [6.07, 6.45) is -8.13. The Balaban J connectivity index is 3.36. The number of rotatable bonds is 4. The first-order valence-electron chi connectivity index (χ1n) is 5.07. The zero-order chi connectivity index (χ0) is 15.5. The van der Waals surface area contributed by atoms with E-state index in [0.717, 1.165) is 0 Å². The van der Waals surface area contributed by atoms with E-state index >= 15 is 0 Å². The molecule has 0 atom stereocenters. The van der Waals surface area contributed by atoms with Crippen LogP contribution in [-0.2, 0) is 4.74 Å². The molecule has 0 spiro atoms. The van der Waals surface area contributed by atoms with E-state index in [1.807, 2.05) is 0 Å². The van der Waals surface area contributed by atoms with E-state index in [2.05, 4.69) is 14.5 Å². The van der Waals surface area contributed by atoms with Crippen LogP contribution in [0.25, 0.3) is 0 Å². The lowest BCUT2D eigenvalue weighted by molar-refractivity contribution is -0.275. The van der Waals surface area contributed by atoms with Gasteiger partial charge in [0.2, 0.25) is 0 Å². The minimum atomic E-state index is -5.09. The largest absolute Gasteiger partial charge is 0.573 e. The number of carbonyl (C=O) groups is 1. The Morgan fingerprint density at radius 2 is 2.05 bits per heavy atom. The number of alkyl halides is 5. The summed E-state index contributed by atoms with van der Waals surface area (Å²) >= 11 is 1.27. The van der Waals surface area contributed by atoms with Crippen molar-refractivity contribution in [2.45, 2.75) is 19.7 Å². The second-order valence-corrected chi connectivity index (χ2v) is 4.31. The van der Waals surface area contributed by atoms with Crippen LogP contribution >= 0.6 is 22.6 Å². The van der Waals surface area contributed by atoms with Crippen LogP contribution < -0.4 is 4.74 Å². The SMILES string of the molecule is CCOC(=O)c1cc(C(F)F)nc(I)c1OC(F)(F)F. The summed E-state index contributed by atoms with van der Waals surface area (Å²) in [5.74, 6) is -2.16. The molecule has 0 saturated carbocycles. The van der Waals surface area contributed by atoms with Gasteiger partial charge in [0.25, 0.3) is 6.43 Å². The van der Waals surface area contributed by atoms with E-state index in [-0.39, 0.29) is 6.61 Å². The Hall–Kier alpha value is -1.20. The molecule has 20 heavy (non-hydrogen) atoms. The molecule has 1 rings (SSSR count). The van der Waals surface area contributed by atoms with Gasteiger partial charge in [-0.15, -0.1) is 13.2 Å². The summed E-state index contributed by atoms with van der Waals surface area (Å²) in [5.41, 5.74) is -1.59. The van der Waals surface area contributed by atoms with Gasteiger partial charge < -0.3 is 9.47 Å². The second-order valence-electron chi connectivity index (χ2n) is 3.28. The maximum absolute atomic E-state index is 12.6. The van der Waals surface area contributed by atoms with Gasteiger partial charge in [-0.25, -0.2) is 18.6 Å². The fraction of sp³-hybridized carbons (Fsp3) is 0.400. The molecule has 0 aliphatic rings. The van der Waals surface area contributed by atoms with E-state index < -0.39 is 39.5 Å². The third-order valence-electron chi connectivity index (χ3n) is 1.89. The number of esters is 1. The van der Waals surface area contributed by atoms with Crippen LogP contribution in [0.15, 0.2) is 6.07 Å². The van der Waals surface area contributed by atoms with Crippen LogP contribution in [0, 0.1) is 3.70 Å². The van der Waals surface area contributed by atoms with E-state index in [9.17, 15) is 26.7 Å². The Labute approximate surface area is 123 Å². The third-order valence-corrected chi connectivity index (χ3v) is 2.62. The highest BCUT2D eigenvalue weighted by Crippen LogP contribution is 2.33. The molecule has 4 nitrogen and oxygen atoms in total. The number of carbonyl (C=O) groups excluding carboxylic acids is 1. The molecule has 1 heterocycles. The topological polar surface area (TPSA) is 48.4 Å². The Morgan fingerprint density at radius 1 is 1.45 bits per heavy atom. The van der Waals surface area contributed by atoms with Crippen molar-refractivity contribution in [3.8, 4) is 5.75 Å². The molecule has 1 aromatic rings. The number of hydrogen-bond acceptors (Lipinski definition) is 4. The molecular formula is C10H7F5INO3. The van der Waals surface area contributed by atoms with Gasteiger partial charge in [-0.2, -0.15) is 0 Å². The Morgan fingerprint density at radius 3 is 2.50 bits per heavy atom. The monoisotopic (exact) mass is 411 g/mol.